The molecule has 0 bridgehead atoms. The van der Waals surface area contributed by atoms with Gasteiger partial charge in [0, 0.05) is 80.1 Å². The number of benzene rings is 2. The van der Waals surface area contributed by atoms with E-state index in [9.17, 15) is 38.3 Å². The Hall–Kier alpha value is -5.17. The van der Waals surface area contributed by atoms with Crippen LogP contribution in [0, 0.1) is 23.0 Å². The lowest BCUT2D eigenvalue weighted by molar-refractivity contribution is -0.141. The molecule has 2 heterocycles. The molecule has 5 N–H and O–H groups in total. The Kier molecular flexibility index (Phi) is 19.7. The van der Waals surface area contributed by atoms with Crippen molar-refractivity contribution in [2.24, 2.45) is 17.1 Å². The van der Waals surface area contributed by atoms with Gasteiger partial charge in [-0.25, -0.2) is 13.6 Å². The van der Waals surface area contributed by atoms with E-state index < -0.39 is 41.0 Å². The van der Waals surface area contributed by atoms with Crippen LogP contribution in [0.25, 0.3) is 11.1 Å². The van der Waals surface area contributed by atoms with Crippen LogP contribution in [0.3, 0.4) is 0 Å². The number of carboxylic acids is 1. The van der Waals surface area contributed by atoms with Gasteiger partial charge in [0.25, 0.3) is 0 Å². The number of ether oxygens (including phenoxy) is 2. The Bertz CT molecular complexity index is 2030. The van der Waals surface area contributed by atoms with Gasteiger partial charge in [-0.15, -0.1) is 11.8 Å². The molecule has 1 fully saturated rings. The zero-order valence-electron chi connectivity index (χ0n) is 36.4. The Morgan fingerprint density at radius 3 is 2.35 bits per heavy atom. The zero-order valence-corrected chi connectivity index (χ0v) is 37.2. The van der Waals surface area contributed by atoms with Crippen molar-refractivity contribution < 1.29 is 52.1 Å². The van der Waals surface area contributed by atoms with E-state index in [1.165, 1.54) is 0 Å². The Labute approximate surface area is 371 Å². The number of likely N-dealkylation sites (tertiary alicyclic amines) is 1. The molecule has 0 radical (unpaired) electrons. The molecule has 3 atom stereocenters. The normalized spacial score (nSPS) is 15.0. The lowest BCUT2D eigenvalue weighted by Gasteiger charge is -2.41. The molecule has 1 aliphatic rings. The molecular weight excluding hydrogens is 839 g/mol. The third kappa shape index (κ3) is 15.5. The summed E-state index contributed by atoms with van der Waals surface area (Å²) in [6, 6.07) is 12.9. The van der Waals surface area contributed by atoms with Gasteiger partial charge in [-0.1, -0.05) is 58.0 Å². The van der Waals surface area contributed by atoms with Crippen molar-refractivity contribution in [3.63, 3.8) is 0 Å². The summed E-state index contributed by atoms with van der Waals surface area (Å²) in [7, 11) is 0. The molecule has 0 aliphatic carbocycles. The lowest BCUT2D eigenvalue weighted by Crippen LogP contribution is -2.45. The summed E-state index contributed by atoms with van der Waals surface area (Å²) in [6.45, 7) is 9.39. The molecule has 1 aromatic heterocycles. The predicted octanol–water partition coefficient (Wildman–Crippen LogP) is 4.37. The summed E-state index contributed by atoms with van der Waals surface area (Å²) >= 11 is 1.07. The quantitative estimate of drug-likeness (QED) is 0.0659. The smallest absolute Gasteiger partial charge is 0.327 e. The molecule has 4 rings (SSSR count). The van der Waals surface area contributed by atoms with E-state index in [-0.39, 0.29) is 112 Å². The molecule has 18 heteroatoms. The van der Waals surface area contributed by atoms with Crippen LogP contribution in [-0.4, -0.2) is 125 Å². The maximum absolute atomic E-state index is 15.1. The number of rotatable bonds is 26. The standard InChI is InChI=1S/C45H60F2N6O9S/c1-30-23-40(56)53(43(30)58)18-13-38(54)49-16-20-62-22-21-61-19-14-39(55)50-36(44(59)60)28-63-29-41(57)52(17-8-15-48)42(45(2,3)4)37-24-32(34-25-33(46)11-12-35(34)47)27-51(37)26-31-9-6-5-7-10-31/h5-7,9-12,24-25,27,30,36,42H,8,13-23,26,28-29,48H2,1-4H3,(H,49,54)(H,50,55)(H,59,60)/t30?,36-,42-/m0/s1. The fourth-order valence-corrected chi connectivity index (χ4v) is 8.11. The Morgan fingerprint density at radius 1 is 0.984 bits per heavy atom. The van der Waals surface area contributed by atoms with E-state index in [0.717, 1.165) is 40.4 Å². The minimum atomic E-state index is -1.28. The summed E-state index contributed by atoms with van der Waals surface area (Å²) in [5, 5.41) is 15.1. The van der Waals surface area contributed by atoms with Crippen molar-refractivity contribution in [1.82, 2.24) is 25.0 Å². The molecule has 0 saturated carbocycles. The minimum Gasteiger partial charge on any atom is -0.480 e. The predicted molar refractivity (Wildman–Crippen MR) is 234 cm³/mol. The number of thioether (sulfide) groups is 1. The second-order valence-corrected chi connectivity index (χ2v) is 17.5. The van der Waals surface area contributed by atoms with Crippen molar-refractivity contribution in [3.8, 4) is 11.1 Å². The number of nitrogens with two attached hydrogens (primary N) is 1. The van der Waals surface area contributed by atoms with Gasteiger partial charge in [0.2, 0.25) is 29.5 Å². The largest absolute Gasteiger partial charge is 0.480 e. The summed E-state index contributed by atoms with van der Waals surface area (Å²) in [5.41, 5.74) is 7.56. The van der Waals surface area contributed by atoms with Crippen molar-refractivity contribution in [2.45, 2.75) is 72.0 Å². The van der Waals surface area contributed by atoms with Crippen LogP contribution >= 0.6 is 11.8 Å². The van der Waals surface area contributed by atoms with E-state index >= 15 is 4.39 Å². The van der Waals surface area contributed by atoms with Crippen molar-refractivity contribution in [1.29, 1.82) is 0 Å². The van der Waals surface area contributed by atoms with Crippen molar-refractivity contribution >= 4 is 47.3 Å². The molecule has 344 valence electrons. The average molecular weight is 899 g/mol. The van der Waals surface area contributed by atoms with Gasteiger partial charge < -0.3 is 40.4 Å². The van der Waals surface area contributed by atoms with Gasteiger partial charge in [0.1, 0.15) is 17.7 Å². The highest BCUT2D eigenvalue weighted by Crippen LogP contribution is 2.41. The summed E-state index contributed by atoms with van der Waals surface area (Å²) in [6.07, 6.45) is 2.28. The maximum atomic E-state index is 15.1. The fraction of sp³-hybridized carbons (Fsp3) is 0.511. The second-order valence-electron chi connectivity index (χ2n) is 16.4. The summed E-state index contributed by atoms with van der Waals surface area (Å²) in [5.74, 6) is -4.68. The van der Waals surface area contributed by atoms with E-state index in [1.807, 2.05) is 55.7 Å². The number of aliphatic carboxylic acids is 1. The van der Waals surface area contributed by atoms with Crippen LogP contribution in [0.15, 0.2) is 60.8 Å². The minimum absolute atomic E-state index is 0.000313. The molecule has 1 unspecified atom stereocenters. The Morgan fingerprint density at radius 2 is 1.70 bits per heavy atom. The van der Waals surface area contributed by atoms with Crippen LogP contribution in [0.2, 0.25) is 0 Å². The molecule has 0 spiro atoms. The third-order valence-electron chi connectivity index (χ3n) is 10.3. The number of nitrogens with zero attached hydrogens (tertiary/aromatic N) is 3. The van der Waals surface area contributed by atoms with E-state index in [4.69, 9.17) is 15.2 Å². The van der Waals surface area contributed by atoms with E-state index in [0.29, 0.717) is 30.8 Å². The van der Waals surface area contributed by atoms with Gasteiger partial charge in [-0.05, 0) is 48.2 Å². The van der Waals surface area contributed by atoms with Crippen LogP contribution in [-0.2, 0) is 44.8 Å². The van der Waals surface area contributed by atoms with Gasteiger partial charge in [0.05, 0.1) is 38.2 Å². The lowest BCUT2D eigenvalue weighted by atomic mass is 9.83. The van der Waals surface area contributed by atoms with Crippen LogP contribution in [0.4, 0.5) is 8.78 Å². The van der Waals surface area contributed by atoms with Crippen LogP contribution in [0.5, 0.6) is 0 Å². The number of halogens is 2. The molecule has 1 saturated heterocycles. The van der Waals surface area contributed by atoms with Gasteiger partial charge >= 0.3 is 5.97 Å². The highest BCUT2D eigenvalue weighted by molar-refractivity contribution is 8.00. The molecule has 2 aromatic carbocycles. The third-order valence-corrected chi connectivity index (χ3v) is 11.3. The average Bonchev–Trinajstić information content (AvgIpc) is 3.74. The molecular formula is C45H60F2N6O9S. The van der Waals surface area contributed by atoms with Crippen LogP contribution in [0.1, 0.15) is 70.7 Å². The first-order valence-electron chi connectivity index (χ1n) is 21.0. The van der Waals surface area contributed by atoms with Gasteiger partial charge in [-0.2, -0.15) is 0 Å². The number of hydrogen-bond acceptors (Lipinski definition) is 10. The highest BCUT2D eigenvalue weighted by atomic mass is 32.2. The first kappa shape index (κ1) is 50.5. The molecule has 5 amide bonds. The monoisotopic (exact) mass is 898 g/mol. The number of hydrogen-bond donors (Lipinski definition) is 4. The first-order valence-corrected chi connectivity index (χ1v) is 22.2. The van der Waals surface area contributed by atoms with Crippen molar-refractivity contribution in [3.05, 3.63) is 83.7 Å². The van der Waals surface area contributed by atoms with E-state index in [2.05, 4.69) is 10.6 Å². The van der Waals surface area contributed by atoms with Crippen molar-refractivity contribution in [2.75, 3.05) is 64.1 Å². The second kappa shape index (κ2) is 24.6. The van der Waals surface area contributed by atoms with Gasteiger partial charge in [-0.3, -0.25) is 28.9 Å². The van der Waals surface area contributed by atoms with E-state index in [1.54, 1.807) is 24.1 Å². The molecule has 3 aromatic rings. The topological polar surface area (TPSA) is 203 Å². The maximum Gasteiger partial charge on any atom is 0.327 e. The highest BCUT2D eigenvalue weighted by Gasteiger charge is 2.38. The Balaban J connectivity index is 1.28. The van der Waals surface area contributed by atoms with Crippen LogP contribution < -0.4 is 16.4 Å². The number of carboxylic acid groups (broad SMARTS) is 1. The summed E-state index contributed by atoms with van der Waals surface area (Å²) < 4.78 is 42.3. The number of nitrogens with one attached hydrogen (secondary N) is 2. The number of carbonyl (C=O) groups is 6. The number of imide groups is 1. The SMILES string of the molecule is CC1CC(=O)N(CCC(=O)NCCOCCOCCC(=O)N[C@@H](CSCC(=O)N(CCCN)[C@@H](c2cc(-c3cc(F)ccc3F)cn2Cc2ccccc2)C(C)(C)C)C(=O)O)C1=O. The number of amides is 5. The zero-order chi connectivity index (χ0) is 46.1. The fourth-order valence-electron chi connectivity index (χ4n) is 7.19. The molecule has 15 nitrogen and oxygen atoms in total. The number of carbonyl (C=O) groups excluding carboxylic acids is 5. The van der Waals surface area contributed by atoms with Gasteiger partial charge in [0.15, 0.2) is 0 Å². The first-order chi connectivity index (χ1) is 30.0. The summed E-state index contributed by atoms with van der Waals surface area (Å²) in [4.78, 5) is 77.7. The molecule has 63 heavy (non-hydrogen) atoms. The molecule has 1 aliphatic heterocycles. The number of aromatic nitrogens is 1.